The molecule has 1 aromatic carbocycles. The molecule has 9 heteroatoms. The van der Waals surface area contributed by atoms with E-state index in [-0.39, 0.29) is 16.3 Å². The van der Waals surface area contributed by atoms with Gasteiger partial charge in [-0.25, -0.2) is 9.67 Å². The Labute approximate surface area is 151 Å². The smallest absolute Gasteiger partial charge is 0.322 e. The fourth-order valence-corrected chi connectivity index (χ4v) is 2.95. The average Bonchev–Trinajstić information content (AvgIpc) is 2.91. The SMILES string of the molecule is CCn1nc(C)c2c(Cl)c(C(=O)Nc3ccc(C(F)(F)F)cc3)cnc21. The van der Waals surface area contributed by atoms with Crippen molar-refractivity contribution in [1.29, 1.82) is 0 Å². The van der Waals surface area contributed by atoms with Gasteiger partial charge in [0.25, 0.3) is 5.91 Å². The van der Waals surface area contributed by atoms with Crippen molar-refractivity contribution in [3.05, 3.63) is 52.3 Å². The lowest BCUT2D eigenvalue weighted by atomic mass is 10.1. The molecule has 0 radical (unpaired) electrons. The number of carbonyl (C=O) groups excluding carboxylic acids is 1. The van der Waals surface area contributed by atoms with Crippen LogP contribution in [0, 0.1) is 6.92 Å². The summed E-state index contributed by atoms with van der Waals surface area (Å²) in [5.41, 5.74) is 0.766. The Morgan fingerprint density at radius 1 is 1.27 bits per heavy atom. The topological polar surface area (TPSA) is 59.8 Å². The Morgan fingerprint density at radius 3 is 2.50 bits per heavy atom. The molecule has 0 fully saturated rings. The predicted molar refractivity (Wildman–Crippen MR) is 92.3 cm³/mol. The van der Waals surface area contributed by atoms with E-state index in [1.54, 1.807) is 11.6 Å². The number of halogens is 4. The average molecular weight is 383 g/mol. The highest BCUT2D eigenvalue weighted by molar-refractivity contribution is 6.39. The van der Waals surface area contributed by atoms with Crippen LogP contribution in [0.1, 0.15) is 28.5 Å². The maximum Gasteiger partial charge on any atom is 0.416 e. The third-order valence-corrected chi connectivity index (χ3v) is 4.28. The molecule has 0 aliphatic rings. The van der Waals surface area contributed by atoms with Gasteiger partial charge in [0, 0.05) is 18.4 Å². The third kappa shape index (κ3) is 3.24. The molecule has 0 spiro atoms. The summed E-state index contributed by atoms with van der Waals surface area (Å²) in [4.78, 5) is 16.7. The summed E-state index contributed by atoms with van der Waals surface area (Å²) >= 11 is 6.36. The lowest BCUT2D eigenvalue weighted by Gasteiger charge is -2.10. The van der Waals surface area contributed by atoms with Crippen molar-refractivity contribution in [2.24, 2.45) is 0 Å². The van der Waals surface area contributed by atoms with E-state index in [1.165, 1.54) is 18.3 Å². The van der Waals surface area contributed by atoms with Gasteiger partial charge >= 0.3 is 6.18 Å². The van der Waals surface area contributed by atoms with Crippen molar-refractivity contribution in [2.75, 3.05) is 5.32 Å². The zero-order chi connectivity index (χ0) is 19.1. The molecule has 0 saturated carbocycles. The van der Waals surface area contributed by atoms with Crippen molar-refractivity contribution < 1.29 is 18.0 Å². The molecule has 3 aromatic rings. The highest BCUT2D eigenvalue weighted by atomic mass is 35.5. The van der Waals surface area contributed by atoms with Gasteiger partial charge in [-0.2, -0.15) is 18.3 Å². The number of fused-ring (bicyclic) bond motifs is 1. The van der Waals surface area contributed by atoms with Crippen LogP contribution in [0.5, 0.6) is 0 Å². The minimum absolute atomic E-state index is 0.123. The van der Waals surface area contributed by atoms with E-state index in [0.717, 1.165) is 12.1 Å². The molecule has 0 atom stereocenters. The van der Waals surface area contributed by atoms with Crippen molar-refractivity contribution in [3.8, 4) is 0 Å². The molecule has 1 amide bonds. The summed E-state index contributed by atoms with van der Waals surface area (Å²) in [5, 5.41) is 7.62. The first kappa shape index (κ1) is 18.2. The summed E-state index contributed by atoms with van der Waals surface area (Å²) in [6.45, 7) is 4.27. The molecule has 0 aliphatic heterocycles. The van der Waals surface area contributed by atoms with Gasteiger partial charge in [0.1, 0.15) is 0 Å². The van der Waals surface area contributed by atoms with Crippen LogP contribution in [0.15, 0.2) is 30.5 Å². The van der Waals surface area contributed by atoms with Gasteiger partial charge in [-0.15, -0.1) is 0 Å². The second-order valence-corrected chi connectivity index (χ2v) is 5.99. The quantitative estimate of drug-likeness (QED) is 0.715. The molecule has 2 heterocycles. The van der Waals surface area contributed by atoms with Crippen LogP contribution < -0.4 is 5.32 Å². The third-order valence-electron chi connectivity index (χ3n) is 3.89. The Kier molecular flexibility index (Phi) is 4.62. The molecule has 0 bridgehead atoms. The summed E-state index contributed by atoms with van der Waals surface area (Å²) in [5.74, 6) is -0.562. The molecule has 0 saturated heterocycles. The summed E-state index contributed by atoms with van der Waals surface area (Å²) in [6.07, 6.45) is -3.10. The minimum Gasteiger partial charge on any atom is -0.322 e. The normalized spacial score (nSPS) is 11.8. The van der Waals surface area contributed by atoms with E-state index in [2.05, 4.69) is 15.4 Å². The largest absolute Gasteiger partial charge is 0.416 e. The number of nitrogens with one attached hydrogen (secondary N) is 1. The number of aromatic nitrogens is 3. The summed E-state index contributed by atoms with van der Waals surface area (Å²) in [6, 6.07) is 4.16. The maximum atomic E-state index is 12.6. The monoisotopic (exact) mass is 382 g/mol. The van der Waals surface area contributed by atoms with Gasteiger partial charge in [0.2, 0.25) is 0 Å². The van der Waals surface area contributed by atoms with E-state index < -0.39 is 17.6 Å². The number of alkyl halides is 3. The molecule has 3 rings (SSSR count). The second kappa shape index (κ2) is 6.60. The van der Waals surface area contributed by atoms with Crippen molar-refractivity contribution in [2.45, 2.75) is 26.6 Å². The first-order valence-electron chi connectivity index (χ1n) is 7.72. The molecule has 0 unspecified atom stereocenters. The molecular formula is C17H14ClF3N4O. The molecule has 5 nitrogen and oxygen atoms in total. The number of amides is 1. The fourth-order valence-electron chi connectivity index (χ4n) is 2.59. The van der Waals surface area contributed by atoms with Crippen LogP contribution >= 0.6 is 11.6 Å². The fraction of sp³-hybridized carbons (Fsp3) is 0.235. The van der Waals surface area contributed by atoms with Gasteiger partial charge in [0.05, 0.1) is 27.2 Å². The van der Waals surface area contributed by atoms with E-state index >= 15 is 0 Å². The Hall–Kier alpha value is -2.61. The lowest BCUT2D eigenvalue weighted by Crippen LogP contribution is -2.13. The zero-order valence-corrected chi connectivity index (χ0v) is 14.6. The Morgan fingerprint density at radius 2 is 1.92 bits per heavy atom. The van der Waals surface area contributed by atoms with E-state index in [9.17, 15) is 18.0 Å². The second-order valence-electron chi connectivity index (χ2n) is 5.61. The Bertz CT molecular complexity index is 980. The van der Waals surface area contributed by atoms with E-state index in [4.69, 9.17) is 11.6 Å². The highest BCUT2D eigenvalue weighted by Crippen LogP contribution is 2.31. The summed E-state index contributed by atoms with van der Waals surface area (Å²) < 4.78 is 39.5. The number of pyridine rings is 1. The zero-order valence-electron chi connectivity index (χ0n) is 13.9. The van der Waals surface area contributed by atoms with Crippen LogP contribution in [0.4, 0.5) is 18.9 Å². The molecule has 1 N–H and O–H groups in total. The van der Waals surface area contributed by atoms with Crippen LogP contribution in [-0.4, -0.2) is 20.7 Å². The van der Waals surface area contributed by atoms with E-state index in [0.29, 0.717) is 23.3 Å². The number of anilines is 1. The molecule has 0 aliphatic carbocycles. The molecular weight excluding hydrogens is 369 g/mol. The van der Waals surface area contributed by atoms with Crippen molar-refractivity contribution in [3.63, 3.8) is 0 Å². The van der Waals surface area contributed by atoms with Crippen LogP contribution in [-0.2, 0) is 12.7 Å². The van der Waals surface area contributed by atoms with Gasteiger partial charge in [0.15, 0.2) is 5.65 Å². The van der Waals surface area contributed by atoms with Crippen LogP contribution in [0.25, 0.3) is 11.0 Å². The predicted octanol–water partition coefficient (Wildman–Crippen LogP) is 4.68. The number of carbonyl (C=O) groups is 1. The standard InChI is InChI=1S/C17H14ClF3N4O/c1-3-25-15-13(9(2)24-25)14(18)12(8-22-15)16(26)23-11-6-4-10(5-7-11)17(19,20)21/h4-8H,3H2,1-2H3,(H,23,26). The van der Waals surface area contributed by atoms with Gasteiger partial charge < -0.3 is 5.32 Å². The minimum atomic E-state index is -4.43. The first-order valence-corrected chi connectivity index (χ1v) is 8.10. The molecule has 2 aromatic heterocycles. The Balaban J connectivity index is 1.91. The van der Waals surface area contributed by atoms with Crippen molar-refractivity contribution >= 4 is 34.2 Å². The number of benzene rings is 1. The van der Waals surface area contributed by atoms with E-state index in [1.807, 2.05) is 6.92 Å². The number of aryl methyl sites for hydroxylation is 2. The number of nitrogens with zero attached hydrogens (tertiary/aromatic N) is 3. The van der Waals surface area contributed by atoms with Gasteiger partial charge in [-0.1, -0.05) is 11.6 Å². The van der Waals surface area contributed by atoms with Crippen molar-refractivity contribution in [1.82, 2.24) is 14.8 Å². The number of hydrogen-bond donors (Lipinski definition) is 1. The lowest BCUT2D eigenvalue weighted by molar-refractivity contribution is -0.137. The van der Waals surface area contributed by atoms with Crippen LogP contribution in [0.3, 0.4) is 0 Å². The maximum absolute atomic E-state index is 12.6. The molecule has 136 valence electrons. The summed E-state index contributed by atoms with van der Waals surface area (Å²) in [7, 11) is 0. The van der Waals surface area contributed by atoms with Gasteiger partial charge in [-0.3, -0.25) is 4.79 Å². The van der Waals surface area contributed by atoms with Crippen LogP contribution in [0.2, 0.25) is 5.02 Å². The highest BCUT2D eigenvalue weighted by Gasteiger charge is 2.30. The first-order chi connectivity index (χ1) is 12.2. The van der Waals surface area contributed by atoms with Gasteiger partial charge in [-0.05, 0) is 38.1 Å². The number of hydrogen-bond acceptors (Lipinski definition) is 3. The molecule has 26 heavy (non-hydrogen) atoms. The number of rotatable bonds is 3.